The number of carbonyl (C=O) groups is 1. The van der Waals surface area contributed by atoms with Gasteiger partial charge in [0.15, 0.2) is 0 Å². The minimum atomic E-state index is -4.03. The summed E-state index contributed by atoms with van der Waals surface area (Å²) in [4.78, 5) is 13.2. The minimum absolute atomic E-state index is 0.0287. The first-order chi connectivity index (χ1) is 17.1. The van der Waals surface area contributed by atoms with E-state index in [0.717, 1.165) is 27.8 Å². The fourth-order valence-electron chi connectivity index (χ4n) is 3.84. The molecule has 5 nitrogen and oxygen atoms in total. The zero-order valence-electron chi connectivity index (χ0n) is 20.2. The monoisotopic (exact) mass is 518 g/mol. The van der Waals surface area contributed by atoms with Crippen molar-refractivity contribution < 1.29 is 13.2 Å². The number of halogens is 1. The van der Waals surface area contributed by atoms with Crippen molar-refractivity contribution in [3.63, 3.8) is 0 Å². The van der Waals surface area contributed by atoms with Gasteiger partial charge in [-0.3, -0.25) is 9.52 Å². The molecule has 0 aliphatic heterocycles. The SMILES string of the molecule is Cc1ccc([C@@H](NC(=O)c2ccc(Cl)c(S(=O)(=O)Nc3ccc(C)c(C)c3)c2)c2ccccc2)cc1. The van der Waals surface area contributed by atoms with Gasteiger partial charge in [-0.25, -0.2) is 8.42 Å². The van der Waals surface area contributed by atoms with Gasteiger partial charge in [-0.2, -0.15) is 0 Å². The number of aryl methyl sites for hydroxylation is 3. The van der Waals surface area contributed by atoms with Gasteiger partial charge in [0.2, 0.25) is 0 Å². The first-order valence-corrected chi connectivity index (χ1v) is 13.3. The van der Waals surface area contributed by atoms with E-state index in [0.29, 0.717) is 5.69 Å². The molecule has 0 fully saturated rings. The van der Waals surface area contributed by atoms with Gasteiger partial charge in [0, 0.05) is 11.3 Å². The van der Waals surface area contributed by atoms with Crippen LogP contribution in [-0.4, -0.2) is 14.3 Å². The Morgan fingerprint density at radius 1 is 0.778 bits per heavy atom. The summed E-state index contributed by atoms with van der Waals surface area (Å²) in [6, 6.07) is 26.7. The van der Waals surface area contributed by atoms with Gasteiger partial charge in [0.25, 0.3) is 15.9 Å². The molecule has 0 spiro atoms. The van der Waals surface area contributed by atoms with Crippen molar-refractivity contribution in [2.24, 2.45) is 0 Å². The van der Waals surface area contributed by atoms with E-state index < -0.39 is 22.0 Å². The van der Waals surface area contributed by atoms with Crippen LogP contribution in [0.3, 0.4) is 0 Å². The topological polar surface area (TPSA) is 75.3 Å². The maximum Gasteiger partial charge on any atom is 0.263 e. The smallest absolute Gasteiger partial charge is 0.263 e. The Labute approximate surface area is 217 Å². The third kappa shape index (κ3) is 5.78. The van der Waals surface area contributed by atoms with Crippen molar-refractivity contribution in [1.82, 2.24) is 5.32 Å². The number of nitrogens with one attached hydrogen (secondary N) is 2. The highest BCUT2D eigenvalue weighted by molar-refractivity contribution is 7.92. The highest BCUT2D eigenvalue weighted by Crippen LogP contribution is 2.27. The molecule has 0 aliphatic rings. The predicted octanol–water partition coefficient (Wildman–Crippen LogP) is 6.59. The lowest BCUT2D eigenvalue weighted by Gasteiger charge is -2.20. The molecule has 0 radical (unpaired) electrons. The van der Waals surface area contributed by atoms with Crippen LogP contribution in [0.5, 0.6) is 0 Å². The van der Waals surface area contributed by atoms with Gasteiger partial charge in [0.1, 0.15) is 4.90 Å². The van der Waals surface area contributed by atoms with E-state index in [1.165, 1.54) is 18.2 Å². The molecular weight excluding hydrogens is 492 g/mol. The molecule has 184 valence electrons. The minimum Gasteiger partial charge on any atom is -0.341 e. The van der Waals surface area contributed by atoms with Crippen molar-refractivity contribution in [3.8, 4) is 0 Å². The number of sulfonamides is 1. The first-order valence-electron chi connectivity index (χ1n) is 11.5. The molecule has 36 heavy (non-hydrogen) atoms. The first kappa shape index (κ1) is 25.5. The molecular formula is C29H27ClN2O3S. The summed E-state index contributed by atoms with van der Waals surface area (Å²) < 4.78 is 28.9. The summed E-state index contributed by atoms with van der Waals surface area (Å²) >= 11 is 6.27. The van der Waals surface area contributed by atoms with Gasteiger partial charge in [-0.05, 0) is 73.4 Å². The average Bonchev–Trinajstić information content (AvgIpc) is 2.86. The number of anilines is 1. The second-order valence-corrected chi connectivity index (χ2v) is 10.8. The molecule has 0 aromatic heterocycles. The van der Waals surface area contributed by atoms with E-state index in [-0.39, 0.29) is 15.5 Å². The summed E-state index contributed by atoms with van der Waals surface area (Å²) in [5, 5.41) is 3.08. The molecule has 1 atom stereocenters. The van der Waals surface area contributed by atoms with Crippen LogP contribution in [0.1, 0.15) is 44.2 Å². The van der Waals surface area contributed by atoms with Gasteiger partial charge in [0.05, 0.1) is 11.1 Å². The van der Waals surface area contributed by atoms with Gasteiger partial charge in [-0.15, -0.1) is 0 Å². The number of amides is 1. The lowest BCUT2D eigenvalue weighted by atomic mass is 9.97. The second-order valence-electron chi connectivity index (χ2n) is 8.78. The zero-order chi connectivity index (χ0) is 25.9. The van der Waals surface area contributed by atoms with Crippen LogP contribution < -0.4 is 10.0 Å². The summed E-state index contributed by atoms with van der Waals surface area (Å²) in [6.07, 6.45) is 0. The lowest BCUT2D eigenvalue weighted by molar-refractivity contribution is 0.0942. The normalized spacial score (nSPS) is 12.1. The Bertz CT molecular complexity index is 1500. The molecule has 4 aromatic rings. The summed E-state index contributed by atoms with van der Waals surface area (Å²) in [5.41, 5.74) is 5.56. The van der Waals surface area contributed by atoms with Crippen LogP contribution in [0.4, 0.5) is 5.69 Å². The largest absolute Gasteiger partial charge is 0.341 e. The molecule has 0 heterocycles. The molecule has 7 heteroatoms. The number of benzene rings is 4. The van der Waals surface area contributed by atoms with E-state index >= 15 is 0 Å². The highest BCUT2D eigenvalue weighted by Gasteiger charge is 2.23. The summed E-state index contributed by atoms with van der Waals surface area (Å²) in [6.45, 7) is 5.86. The predicted molar refractivity (Wildman–Crippen MR) is 145 cm³/mol. The summed E-state index contributed by atoms with van der Waals surface area (Å²) in [5.74, 6) is -0.413. The van der Waals surface area contributed by atoms with Crippen molar-refractivity contribution in [2.45, 2.75) is 31.7 Å². The van der Waals surface area contributed by atoms with E-state index in [2.05, 4.69) is 10.0 Å². The molecule has 4 aromatic carbocycles. The number of carbonyl (C=O) groups excluding carboxylic acids is 1. The second kappa shape index (κ2) is 10.6. The third-order valence-electron chi connectivity index (χ3n) is 6.06. The van der Waals surface area contributed by atoms with Gasteiger partial charge in [-0.1, -0.05) is 77.8 Å². The van der Waals surface area contributed by atoms with Crippen molar-refractivity contribution in [3.05, 3.63) is 129 Å². The van der Waals surface area contributed by atoms with E-state index in [1.807, 2.05) is 81.4 Å². The molecule has 0 bridgehead atoms. The van der Waals surface area contributed by atoms with Crippen LogP contribution in [0, 0.1) is 20.8 Å². The molecule has 1 amide bonds. The summed E-state index contributed by atoms with van der Waals surface area (Å²) in [7, 11) is -4.03. The van der Waals surface area contributed by atoms with Crippen molar-refractivity contribution >= 4 is 33.2 Å². The molecule has 4 rings (SSSR count). The maximum atomic E-state index is 13.3. The quantitative estimate of drug-likeness (QED) is 0.290. The standard InChI is InChI=1S/C29H27ClN2O3S/c1-19-9-12-23(13-10-19)28(22-7-5-4-6-8-22)31-29(33)24-14-16-26(30)27(18-24)36(34,35)32-25-15-11-20(2)21(3)17-25/h4-18,28,32H,1-3H3,(H,31,33)/t28-/m0/s1. The van der Waals surface area contributed by atoms with Crippen LogP contribution >= 0.6 is 11.6 Å². The molecule has 0 aliphatic carbocycles. The Hall–Kier alpha value is -3.61. The molecule has 0 saturated heterocycles. The van der Waals surface area contributed by atoms with Crippen LogP contribution in [0.25, 0.3) is 0 Å². The van der Waals surface area contributed by atoms with E-state index in [9.17, 15) is 13.2 Å². The zero-order valence-corrected chi connectivity index (χ0v) is 21.8. The van der Waals surface area contributed by atoms with Crippen LogP contribution in [0.2, 0.25) is 5.02 Å². The Morgan fingerprint density at radius 2 is 1.44 bits per heavy atom. The average molecular weight is 519 g/mol. The van der Waals surface area contributed by atoms with Crippen molar-refractivity contribution in [2.75, 3.05) is 4.72 Å². The highest BCUT2D eigenvalue weighted by atomic mass is 35.5. The van der Waals surface area contributed by atoms with E-state index in [1.54, 1.807) is 12.1 Å². The van der Waals surface area contributed by atoms with Gasteiger partial charge >= 0.3 is 0 Å². The maximum absolute atomic E-state index is 13.3. The lowest BCUT2D eigenvalue weighted by Crippen LogP contribution is -2.29. The molecule has 0 unspecified atom stereocenters. The van der Waals surface area contributed by atoms with Crippen LogP contribution in [0.15, 0.2) is 95.9 Å². The van der Waals surface area contributed by atoms with E-state index in [4.69, 9.17) is 11.6 Å². The fourth-order valence-corrected chi connectivity index (χ4v) is 5.42. The number of rotatable bonds is 7. The Morgan fingerprint density at radius 3 is 2.11 bits per heavy atom. The Kier molecular flexibility index (Phi) is 7.48. The van der Waals surface area contributed by atoms with Crippen LogP contribution in [-0.2, 0) is 10.0 Å². The Balaban J connectivity index is 1.64. The molecule has 0 saturated carbocycles. The fraction of sp³-hybridized carbons (Fsp3) is 0.138. The molecule has 2 N–H and O–H groups in total. The third-order valence-corrected chi connectivity index (χ3v) is 7.92. The number of hydrogen-bond acceptors (Lipinski definition) is 3. The van der Waals surface area contributed by atoms with Gasteiger partial charge < -0.3 is 5.32 Å². The van der Waals surface area contributed by atoms with Crippen molar-refractivity contribution in [1.29, 1.82) is 0 Å². The number of hydrogen-bond donors (Lipinski definition) is 2.